The van der Waals surface area contributed by atoms with Crippen LogP contribution in [0.25, 0.3) is 0 Å². The van der Waals surface area contributed by atoms with Gasteiger partial charge in [-0.1, -0.05) is 19.3 Å². The number of benzene rings is 2. The van der Waals surface area contributed by atoms with Crippen molar-refractivity contribution in [2.45, 2.75) is 38.1 Å². The van der Waals surface area contributed by atoms with Gasteiger partial charge in [0.05, 0.1) is 20.4 Å². The molecule has 2 amide bonds. The first-order chi connectivity index (χ1) is 15.6. The second kappa shape index (κ2) is 11.7. The average Bonchev–Trinajstić information content (AvgIpc) is 2.83. The van der Waals surface area contributed by atoms with E-state index in [0.29, 0.717) is 22.8 Å². The van der Waals surface area contributed by atoms with Crippen molar-refractivity contribution in [1.82, 2.24) is 10.7 Å². The Hall–Kier alpha value is -3.55. The van der Waals surface area contributed by atoms with Gasteiger partial charge in [-0.05, 0) is 60.9 Å². The fourth-order valence-electron chi connectivity index (χ4n) is 3.52. The zero-order valence-electron chi connectivity index (χ0n) is 18.4. The molecule has 0 unspecified atom stereocenters. The van der Waals surface area contributed by atoms with Gasteiger partial charge in [0.25, 0.3) is 11.8 Å². The van der Waals surface area contributed by atoms with Gasteiger partial charge in [-0.15, -0.1) is 0 Å². The molecule has 2 N–H and O–H groups in total. The summed E-state index contributed by atoms with van der Waals surface area (Å²) in [5.41, 5.74) is 3.65. The van der Waals surface area contributed by atoms with E-state index in [0.717, 1.165) is 18.4 Å². The van der Waals surface area contributed by atoms with Gasteiger partial charge >= 0.3 is 0 Å². The van der Waals surface area contributed by atoms with Crippen molar-refractivity contribution in [2.24, 2.45) is 5.10 Å². The van der Waals surface area contributed by atoms with Crippen molar-refractivity contribution < 1.29 is 23.8 Å². The molecule has 0 saturated heterocycles. The summed E-state index contributed by atoms with van der Waals surface area (Å²) in [6, 6.07) is 12.2. The van der Waals surface area contributed by atoms with E-state index >= 15 is 0 Å². The third kappa shape index (κ3) is 6.73. The number of nitrogens with zero attached hydrogens (tertiary/aromatic N) is 1. The molecule has 1 saturated carbocycles. The maximum absolute atomic E-state index is 12.3. The second-order valence-corrected chi connectivity index (χ2v) is 7.53. The van der Waals surface area contributed by atoms with E-state index in [-0.39, 0.29) is 24.5 Å². The summed E-state index contributed by atoms with van der Waals surface area (Å²) in [5, 5.41) is 7.01. The van der Waals surface area contributed by atoms with Crippen LogP contribution in [0.1, 0.15) is 48.0 Å². The number of hydrogen-bond donors (Lipinski definition) is 2. The summed E-state index contributed by atoms with van der Waals surface area (Å²) in [7, 11) is 3.04. The van der Waals surface area contributed by atoms with Gasteiger partial charge in [0.1, 0.15) is 5.75 Å². The van der Waals surface area contributed by atoms with E-state index in [9.17, 15) is 9.59 Å². The van der Waals surface area contributed by atoms with Crippen LogP contribution in [-0.2, 0) is 4.79 Å². The van der Waals surface area contributed by atoms with Gasteiger partial charge in [-0.3, -0.25) is 9.59 Å². The molecule has 0 radical (unpaired) electrons. The van der Waals surface area contributed by atoms with Gasteiger partial charge < -0.3 is 19.5 Å². The molecule has 2 aromatic rings. The number of methoxy groups -OCH3 is 2. The fourth-order valence-corrected chi connectivity index (χ4v) is 3.52. The fraction of sp³-hybridized carbons (Fsp3) is 0.375. The second-order valence-electron chi connectivity index (χ2n) is 7.53. The normalized spacial score (nSPS) is 14.1. The first-order valence-corrected chi connectivity index (χ1v) is 10.7. The van der Waals surface area contributed by atoms with Crippen molar-refractivity contribution in [3.8, 4) is 17.2 Å². The number of carbonyl (C=O) groups excluding carboxylic acids is 2. The highest BCUT2D eigenvalue weighted by Crippen LogP contribution is 2.27. The summed E-state index contributed by atoms with van der Waals surface area (Å²) in [6.07, 6.45) is 7.20. The summed E-state index contributed by atoms with van der Waals surface area (Å²) in [4.78, 5) is 24.3. The Morgan fingerprint density at radius 3 is 2.41 bits per heavy atom. The molecule has 2 aromatic carbocycles. The number of rotatable bonds is 9. The third-order valence-corrected chi connectivity index (χ3v) is 5.25. The SMILES string of the molecule is COc1ccc(C(=O)N/N=C/c2ccc(OCC(=O)NC3CCCCC3)cc2)cc1OC. The first-order valence-electron chi connectivity index (χ1n) is 10.7. The lowest BCUT2D eigenvalue weighted by Crippen LogP contribution is -2.38. The maximum Gasteiger partial charge on any atom is 0.271 e. The Balaban J connectivity index is 1.45. The van der Waals surface area contributed by atoms with Gasteiger partial charge in [-0.25, -0.2) is 5.43 Å². The molecule has 8 nitrogen and oxygen atoms in total. The predicted molar refractivity (Wildman–Crippen MR) is 122 cm³/mol. The smallest absolute Gasteiger partial charge is 0.271 e. The third-order valence-electron chi connectivity index (χ3n) is 5.25. The Kier molecular flexibility index (Phi) is 8.48. The van der Waals surface area contributed by atoms with Crippen molar-refractivity contribution in [2.75, 3.05) is 20.8 Å². The van der Waals surface area contributed by atoms with Crippen LogP contribution >= 0.6 is 0 Å². The van der Waals surface area contributed by atoms with E-state index in [4.69, 9.17) is 14.2 Å². The molecule has 0 heterocycles. The average molecular weight is 440 g/mol. The summed E-state index contributed by atoms with van der Waals surface area (Å²) in [5.74, 6) is 1.13. The molecule has 0 atom stereocenters. The van der Waals surface area contributed by atoms with E-state index in [1.165, 1.54) is 39.7 Å². The minimum absolute atomic E-state index is 0.00861. The highest BCUT2D eigenvalue weighted by molar-refractivity contribution is 5.95. The number of nitrogens with one attached hydrogen (secondary N) is 2. The minimum atomic E-state index is -0.369. The van der Waals surface area contributed by atoms with Crippen molar-refractivity contribution >= 4 is 18.0 Å². The van der Waals surface area contributed by atoms with Crippen LogP contribution in [0.5, 0.6) is 17.2 Å². The maximum atomic E-state index is 12.3. The van der Waals surface area contributed by atoms with Crippen LogP contribution in [0, 0.1) is 0 Å². The monoisotopic (exact) mass is 439 g/mol. The van der Waals surface area contributed by atoms with Gasteiger partial charge in [-0.2, -0.15) is 5.10 Å². The molecule has 170 valence electrons. The van der Waals surface area contributed by atoms with Crippen LogP contribution in [0.2, 0.25) is 0 Å². The molecule has 0 aromatic heterocycles. The molecule has 0 aliphatic heterocycles. The van der Waals surface area contributed by atoms with E-state index < -0.39 is 0 Å². The lowest BCUT2D eigenvalue weighted by molar-refractivity contribution is -0.124. The van der Waals surface area contributed by atoms with Crippen molar-refractivity contribution in [3.05, 3.63) is 53.6 Å². The molecule has 3 rings (SSSR count). The molecule has 32 heavy (non-hydrogen) atoms. The molecule has 8 heteroatoms. The molecule has 0 spiro atoms. The minimum Gasteiger partial charge on any atom is -0.493 e. The Morgan fingerprint density at radius 2 is 1.72 bits per heavy atom. The van der Waals surface area contributed by atoms with Crippen LogP contribution in [0.3, 0.4) is 0 Å². The number of amides is 2. The summed E-state index contributed by atoms with van der Waals surface area (Å²) in [6.45, 7) is -0.00861. The van der Waals surface area contributed by atoms with Crippen LogP contribution in [0.4, 0.5) is 0 Å². The van der Waals surface area contributed by atoms with Gasteiger partial charge in [0.2, 0.25) is 0 Å². The van der Waals surface area contributed by atoms with Crippen molar-refractivity contribution in [3.63, 3.8) is 0 Å². The van der Waals surface area contributed by atoms with E-state index in [1.807, 2.05) is 0 Å². The predicted octanol–water partition coefficient (Wildman–Crippen LogP) is 3.30. The van der Waals surface area contributed by atoms with Crippen LogP contribution < -0.4 is 25.0 Å². The number of hydrogen-bond acceptors (Lipinski definition) is 6. The first kappa shape index (κ1) is 23.1. The molecule has 0 bridgehead atoms. The lowest BCUT2D eigenvalue weighted by atomic mass is 9.95. The zero-order chi connectivity index (χ0) is 22.8. The number of hydrazone groups is 1. The van der Waals surface area contributed by atoms with Crippen LogP contribution in [0.15, 0.2) is 47.6 Å². The highest BCUT2D eigenvalue weighted by Gasteiger charge is 2.15. The number of carbonyl (C=O) groups is 2. The molecular weight excluding hydrogens is 410 g/mol. The lowest BCUT2D eigenvalue weighted by Gasteiger charge is -2.22. The summed E-state index contributed by atoms with van der Waals surface area (Å²) < 4.78 is 15.9. The van der Waals surface area contributed by atoms with Gasteiger partial charge in [0, 0.05) is 11.6 Å². The molecule has 1 aliphatic rings. The Labute approximate surface area is 187 Å². The topological polar surface area (TPSA) is 98.3 Å². The Morgan fingerprint density at radius 1 is 1.00 bits per heavy atom. The van der Waals surface area contributed by atoms with Crippen molar-refractivity contribution in [1.29, 1.82) is 0 Å². The standard InChI is InChI=1S/C24H29N3O5/c1-30-21-13-10-18(14-22(21)31-2)24(29)27-25-15-17-8-11-20(12-9-17)32-16-23(28)26-19-6-4-3-5-7-19/h8-15,19H,3-7,16H2,1-2H3,(H,26,28)(H,27,29)/b25-15+. The van der Waals surface area contributed by atoms with E-state index in [2.05, 4.69) is 15.8 Å². The number of ether oxygens (including phenoxy) is 3. The Bertz CT molecular complexity index is 937. The van der Waals surface area contributed by atoms with Gasteiger partial charge in [0.15, 0.2) is 18.1 Å². The van der Waals surface area contributed by atoms with E-state index in [1.54, 1.807) is 42.5 Å². The molecule has 1 fully saturated rings. The largest absolute Gasteiger partial charge is 0.493 e. The highest BCUT2D eigenvalue weighted by atomic mass is 16.5. The molecular formula is C24H29N3O5. The van der Waals surface area contributed by atoms with Crippen LogP contribution in [-0.4, -0.2) is 44.9 Å². The zero-order valence-corrected chi connectivity index (χ0v) is 18.4. The summed E-state index contributed by atoms with van der Waals surface area (Å²) >= 11 is 0. The molecule has 1 aliphatic carbocycles. The quantitative estimate of drug-likeness (QED) is 0.462.